The quantitative estimate of drug-likeness (QED) is 0.787. The number of nitrogens with two attached hydrogens (primary N) is 1. The predicted octanol–water partition coefficient (Wildman–Crippen LogP) is 2.59. The van der Waals surface area contributed by atoms with Crippen molar-refractivity contribution < 1.29 is 14.1 Å². The maximum Gasteiger partial charge on any atom is 0.259 e. The van der Waals surface area contributed by atoms with Crippen LogP contribution in [0.5, 0.6) is 0 Å². The molecule has 0 radical (unpaired) electrons. The number of nitrogens with zero attached hydrogens (tertiary/aromatic N) is 3. The molecule has 0 aliphatic carbocycles. The summed E-state index contributed by atoms with van der Waals surface area (Å²) in [5.74, 6) is -0.341. The highest BCUT2D eigenvalue weighted by Crippen LogP contribution is 2.34. The number of primary amides is 1. The summed E-state index contributed by atoms with van der Waals surface area (Å²) in [5.41, 5.74) is 9.48. The number of rotatable bonds is 3. The van der Waals surface area contributed by atoms with Gasteiger partial charge in [0.1, 0.15) is 0 Å². The van der Waals surface area contributed by atoms with Gasteiger partial charge in [-0.1, -0.05) is 5.16 Å². The molecule has 1 aliphatic heterocycles. The molecule has 7 heteroatoms. The highest BCUT2D eigenvalue weighted by molar-refractivity contribution is 6.06. The lowest BCUT2D eigenvalue weighted by atomic mass is 9.93. The number of carbonyl (C=O) groups is 1. The number of hydrogen-bond donors (Lipinski definition) is 1. The lowest BCUT2D eigenvalue weighted by Crippen LogP contribution is -2.16. The van der Waals surface area contributed by atoms with Gasteiger partial charge in [-0.15, -0.1) is 0 Å². The van der Waals surface area contributed by atoms with E-state index in [4.69, 9.17) is 15.0 Å². The highest BCUT2D eigenvalue weighted by atomic mass is 16.5. The number of ether oxygens (including phenoxy) is 1. The van der Waals surface area contributed by atoms with Gasteiger partial charge in [-0.2, -0.15) is 0 Å². The first-order valence-electron chi connectivity index (χ1n) is 8.23. The van der Waals surface area contributed by atoms with Crippen molar-refractivity contribution in [2.45, 2.75) is 25.7 Å². The third-order valence-corrected chi connectivity index (χ3v) is 4.52. The van der Waals surface area contributed by atoms with E-state index in [1.165, 1.54) is 0 Å². The van der Waals surface area contributed by atoms with E-state index in [1.54, 1.807) is 18.5 Å². The van der Waals surface area contributed by atoms with Crippen molar-refractivity contribution in [3.8, 4) is 11.3 Å². The minimum atomic E-state index is -0.522. The highest BCUT2D eigenvalue weighted by Gasteiger charge is 2.26. The molecule has 3 aromatic rings. The Morgan fingerprint density at radius 2 is 2.04 bits per heavy atom. The second-order valence-electron chi connectivity index (χ2n) is 6.30. The van der Waals surface area contributed by atoms with Crippen molar-refractivity contribution in [2.24, 2.45) is 5.73 Å². The van der Waals surface area contributed by atoms with Crippen molar-refractivity contribution in [2.75, 3.05) is 13.2 Å². The second kappa shape index (κ2) is 6.25. The van der Waals surface area contributed by atoms with E-state index in [0.29, 0.717) is 35.6 Å². The maximum atomic E-state index is 12.1. The largest absolute Gasteiger partial charge is 0.381 e. The predicted molar refractivity (Wildman–Crippen MR) is 91.1 cm³/mol. The first-order valence-corrected chi connectivity index (χ1v) is 8.23. The SMILES string of the molecule is Cc1cncc(-c2cc(C(N)=O)c3c(C4CCOCC4)noc3n2)c1. The average Bonchev–Trinajstić information content (AvgIpc) is 3.05. The number of amides is 1. The summed E-state index contributed by atoms with van der Waals surface area (Å²) in [5, 5.41) is 4.81. The first-order chi connectivity index (χ1) is 12.1. The molecule has 128 valence electrons. The van der Waals surface area contributed by atoms with Gasteiger partial charge in [0.25, 0.3) is 5.71 Å². The van der Waals surface area contributed by atoms with Gasteiger partial charge < -0.3 is 15.0 Å². The number of pyridine rings is 2. The molecule has 0 unspecified atom stereocenters. The molecule has 0 saturated carbocycles. The Kier molecular flexibility index (Phi) is 3.93. The van der Waals surface area contributed by atoms with Crippen molar-refractivity contribution >= 4 is 17.0 Å². The summed E-state index contributed by atoms with van der Waals surface area (Å²) in [4.78, 5) is 20.8. The van der Waals surface area contributed by atoms with E-state index in [0.717, 1.165) is 29.7 Å². The molecule has 1 saturated heterocycles. The fraction of sp³-hybridized carbons (Fsp3) is 0.333. The zero-order valence-electron chi connectivity index (χ0n) is 13.9. The molecular weight excluding hydrogens is 320 g/mol. The Labute approximate surface area is 144 Å². The number of aromatic nitrogens is 3. The fourth-order valence-electron chi connectivity index (χ4n) is 3.26. The van der Waals surface area contributed by atoms with E-state index in [2.05, 4.69) is 15.1 Å². The Bertz CT molecular complexity index is 945. The summed E-state index contributed by atoms with van der Waals surface area (Å²) in [7, 11) is 0. The summed E-state index contributed by atoms with van der Waals surface area (Å²) in [6.07, 6.45) is 5.13. The van der Waals surface area contributed by atoms with E-state index < -0.39 is 5.91 Å². The number of fused-ring (bicyclic) bond motifs is 1. The molecule has 1 fully saturated rings. The Balaban J connectivity index is 1.88. The van der Waals surface area contributed by atoms with Crippen LogP contribution in [0.3, 0.4) is 0 Å². The second-order valence-corrected chi connectivity index (χ2v) is 6.30. The first kappa shape index (κ1) is 15.7. The molecule has 0 atom stereocenters. The Morgan fingerprint density at radius 3 is 2.76 bits per heavy atom. The molecule has 0 aromatic carbocycles. The Morgan fingerprint density at radius 1 is 1.24 bits per heavy atom. The van der Waals surface area contributed by atoms with Gasteiger partial charge in [0.2, 0.25) is 5.91 Å². The third kappa shape index (κ3) is 2.87. The normalized spacial score (nSPS) is 15.6. The molecule has 7 nitrogen and oxygen atoms in total. The Hall–Kier alpha value is -2.80. The topological polar surface area (TPSA) is 104 Å². The lowest BCUT2D eigenvalue weighted by Gasteiger charge is -2.20. The third-order valence-electron chi connectivity index (χ3n) is 4.52. The molecular formula is C18H18N4O3. The molecule has 1 aliphatic rings. The summed E-state index contributed by atoms with van der Waals surface area (Å²) in [6.45, 7) is 3.29. The molecule has 1 amide bonds. The zero-order chi connectivity index (χ0) is 17.4. The van der Waals surface area contributed by atoms with Crippen LogP contribution in [0.4, 0.5) is 0 Å². The monoisotopic (exact) mass is 338 g/mol. The smallest absolute Gasteiger partial charge is 0.259 e. The van der Waals surface area contributed by atoms with Crippen LogP contribution in [0.25, 0.3) is 22.4 Å². The number of aryl methyl sites for hydroxylation is 1. The van der Waals surface area contributed by atoms with Gasteiger partial charge in [0.05, 0.1) is 22.3 Å². The van der Waals surface area contributed by atoms with E-state index in [9.17, 15) is 4.79 Å². The van der Waals surface area contributed by atoms with Crippen molar-refractivity contribution in [1.29, 1.82) is 0 Å². The fourth-order valence-corrected chi connectivity index (χ4v) is 3.26. The van der Waals surface area contributed by atoms with Crippen LogP contribution in [-0.4, -0.2) is 34.2 Å². The summed E-state index contributed by atoms with van der Waals surface area (Å²) in [6, 6.07) is 3.64. The van der Waals surface area contributed by atoms with Crippen LogP contribution in [0.1, 0.15) is 40.4 Å². The molecule has 2 N–H and O–H groups in total. The lowest BCUT2D eigenvalue weighted by molar-refractivity contribution is 0.0840. The standard InChI is InChI=1S/C18H18N4O3/c1-10-6-12(9-20-8-10)14-7-13(17(19)23)15-16(22-25-18(15)21-14)11-2-4-24-5-3-11/h6-9,11H,2-5H2,1H3,(H2,19,23). The molecule has 3 aromatic heterocycles. The molecule has 4 heterocycles. The van der Waals surface area contributed by atoms with Gasteiger partial charge in [-0.3, -0.25) is 9.78 Å². The van der Waals surface area contributed by atoms with Gasteiger partial charge >= 0.3 is 0 Å². The number of hydrogen-bond acceptors (Lipinski definition) is 6. The van der Waals surface area contributed by atoms with Crippen molar-refractivity contribution in [3.05, 3.63) is 41.3 Å². The molecule has 25 heavy (non-hydrogen) atoms. The van der Waals surface area contributed by atoms with E-state index >= 15 is 0 Å². The average molecular weight is 338 g/mol. The van der Waals surface area contributed by atoms with E-state index in [-0.39, 0.29) is 5.92 Å². The summed E-state index contributed by atoms with van der Waals surface area (Å²) >= 11 is 0. The van der Waals surface area contributed by atoms with Crippen LogP contribution in [0.15, 0.2) is 29.0 Å². The van der Waals surface area contributed by atoms with Gasteiger partial charge in [0.15, 0.2) is 0 Å². The van der Waals surface area contributed by atoms with Gasteiger partial charge in [-0.25, -0.2) is 4.98 Å². The van der Waals surface area contributed by atoms with Crippen LogP contribution >= 0.6 is 0 Å². The van der Waals surface area contributed by atoms with E-state index in [1.807, 2.05) is 13.0 Å². The number of carbonyl (C=O) groups excluding carboxylic acids is 1. The van der Waals surface area contributed by atoms with Crippen molar-refractivity contribution in [1.82, 2.24) is 15.1 Å². The molecule has 0 bridgehead atoms. The minimum absolute atomic E-state index is 0.182. The zero-order valence-corrected chi connectivity index (χ0v) is 13.9. The van der Waals surface area contributed by atoms with Crippen LogP contribution in [0.2, 0.25) is 0 Å². The van der Waals surface area contributed by atoms with Gasteiger partial charge in [0, 0.05) is 37.1 Å². The maximum absolute atomic E-state index is 12.1. The minimum Gasteiger partial charge on any atom is -0.381 e. The molecule has 0 spiro atoms. The van der Waals surface area contributed by atoms with Crippen LogP contribution < -0.4 is 5.73 Å². The van der Waals surface area contributed by atoms with Crippen LogP contribution in [0, 0.1) is 6.92 Å². The van der Waals surface area contributed by atoms with Crippen molar-refractivity contribution in [3.63, 3.8) is 0 Å². The summed E-state index contributed by atoms with van der Waals surface area (Å²) < 4.78 is 10.9. The van der Waals surface area contributed by atoms with Gasteiger partial charge in [-0.05, 0) is 37.5 Å². The molecule has 4 rings (SSSR count). The van der Waals surface area contributed by atoms with Crippen LogP contribution in [-0.2, 0) is 4.74 Å².